The van der Waals surface area contributed by atoms with Gasteiger partial charge in [0.05, 0.1) is 13.7 Å². The average molecular weight is 263 g/mol. The molecule has 1 aromatic rings. The van der Waals surface area contributed by atoms with Gasteiger partial charge in [-0.2, -0.15) is 0 Å². The minimum absolute atomic E-state index is 0.115. The van der Waals surface area contributed by atoms with E-state index < -0.39 is 0 Å². The molecule has 0 aliphatic carbocycles. The number of para-hydroxylation sites is 1. The molecule has 1 aliphatic rings. The molecule has 0 bridgehead atoms. The normalized spacial score (nSPS) is 17.4. The Morgan fingerprint density at radius 3 is 2.84 bits per heavy atom. The van der Waals surface area contributed by atoms with E-state index >= 15 is 0 Å². The van der Waals surface area contributed by atoms with Crippen LogP contribution in [0.15, 0.2) is 24.3 Å². The summed E-state index contributed by atoms with van der Waals surface area (Å²) in [6.45, 7) is 5.20. The van der Waals surface area contributed by atoms with Crippen LogP contribution in [-0.2, 0) is 16.0 Å². The van der Waals surface area contributed by atoms with Crippen LogP contribution in [-0.4, -0.2) is 43.2 Å². The van der Waals surface area contributed by atoms with Gasteiger partial charge < -0.3 is 9.47 Å². The van der Waals surface area contributed by atoms with Crippen molar-refractivity contribution >= 4 is 5.97 Å². The minimum Gasteiger partial charge on any atom is -0.488 e. The molecule has 1 heterocycles. The molecule has 0 saturated heterocycles. The Morgan fingerprint density at radius 2 is 2.21 bits per heavy atom. The first kappa shape index (κ1) is 13.9. The molecular weight excluding hydrogens is 242 g/mol. The summed E-state index contributed by atoms with van der Waals surface area (Å²) < 4.78 is 10.6. The van der Waals surface area contributed by atoms with Crippen LogP contribution in [0.1, 0.15) is 19.4 Å². The monoisotopic (exact) mass is 263 g/mol. The molecule has 0 aromatic heterocycles. The van der Waals surface area contributed by atoms with E-state index in [0.717, 1.165) is 18.7 Å². The molecule has 0 fully saturated rings. The van der Waals surface area contributed by atoms with Crippen LogP contribution in [0.2, 0.25) is 0 Å². The number of esters is 1. The summed E-state index contributed by atoms with van der Waals surface area (Å²) in [5.74, 6) is 0.762. The van der Waals surface area contributed by atoms with Crippen LogP contribution in [0.25, 0.3) is 0 Å². The number of hydrogen-bond donors (Lipinski definition) is 0. The van der Waals surface area contributed by atoms with Crippen molar-refractivity contribution in [2.75, 3.05) is 20.2 Å². The zero-order valence-corrected chi connectivity index (χ0v) is 11.8. The number of hydrogen-bond acceptors (Lipinski definition) is 4. The van der Waals surface area contributed by atoms with E-state index in [1.54, 1.807) is 0 Å². The zero-order valence-electron chi connectivity index (χ0n) is 11.8. The van der Waals surface area contributed by atoms with E-state index in [1.807, 2.05) is 18.2 Å². The largest absolute Gasteiger partial charge is 0.488 e. The molecule has 0 radical (unpaired) electrons. The highest BCUT2D eigenvalue weighted by molar-refractivity contribution is 5.71. The van der Waals surface area contributed by atoms with Gasteiger partial charge in [-0.1, -0.05) is 18.2 Å². The highest BCUT2D eigenvalue weighted by Crippen LogP contribution is 2.28. The summed E-state index contributed by atoms with van der Waals surface area (Å²) in [5.41, 5.74) is 1.24. The van der Waals surface area contributed by atoms with Gasteiger partial charge in [0.25, 0.3) is 0 Å². The summed E-state index contributed by atoms with van der Waals surface area (Å²) in [6.07, 6.45) is 1.02. The molecule has 1 atom stereocenters. The predicted molar refractivity (Wildman–Crippen MR) is 73.3 cm³/mol. The van der Waals surface area contributed by atoms with Gasteiger partial charge >= 0.3 is 5.97 Å². The summed E-state index contributed by atoms with van der Waals surface area (Å²) in [5, 5.41) is 0. The third-order valence-corrected chi connectivity index (χ3v) is 3.44. The van der Waals surface area contributed by atoms with Crippen LogP contribution in [0, 0.1) is 0 Å². The molecule has 0 amide bonds. The summed E-state index contributed by atoms with van der Waals surface area (Å²) in [7, 11) is 1.42. The van der Waals surface area contributed by atoms with E-state index in [2.05, 4.69) is 24.8 Å². The lowest BCUT2D eigenvalue weighted by Gasteiger charge is -2.27. The van der Waals surface area contributed by atoms with Crippen molar-refractivity contribution < 1.29 is 14.3 Å². The van der Waals surface area contributed by atoms with Crippen molar-refractivity contribution in [3.63, 3.8) is 0 Å². The van der Waals surface area contributed by atoms with Crippen molar-refractivity contribution in [3.8, 4) is 5.75 Å². The Balaban J connectivity index is 1.95. The molecule has 0 saturated carbocycles. The Kier molecular flexibility index (Phi) is 4.43. The number of benzene rings is 1. The number of fused-ring (bicyclic) bond motifs is 1. The van der Waals surface area contributed by atoms with Gasteiger partial charge in [-0.15, -0.1) is 0 Å². The third kappa shape index (κ3) is 3.47. The molecule has 1 unspecified atom stereocenters. The molecule has 0 N–H and O–H groups in total. The van der Waals surface area contributed by atoms with Gasteiger partial charge in [0.2, 0.25) is 0 Å². The fraction of sp³-hybridized carbons (Fsp3) is 0.533. The first-order chi connectivity index (χ1) is 9.10. The van der Waals surface area contributed by atoms with Crippen LogP contribution < -0.4 is 4.74 Å². The lowest BCUT2D eigenvalue weighted by molar-refractivity contribution is -0.142. The number of rotatable bonds is 5. The Bertz CT molecular complexity index is 420. The second kappa shape index (κ2) is 6.06. The highest BCUT2D eigenvalue weighted by Gasteiger charge is 2.26. The van der Waals surface area contributed by atoms with Gasteiger partial charge in [-0.3, -0.25) is 9.69 Å². The molecule has 2 rings (SSSR count). The fourth-order valence-electron chi connectivity index (χ4n) is 2.31. The molecule has 4 nitrogen and oxygen atoms in total. The van der Waals surface area contributed by atoms with Crippen molar-refractivity contribution in [2.45, 2.75) is 32.4 Å². The maximum atomic E-state index is 11.4. The van der Waals surface area contributed by atoms with E-state index in [9.17, 15) is 4.79 Å². The van der Waals surface area contributed by atoms with Crippen molar-refractivity contribution in [1.82, 2.24) is 4.90 Å². The number of ether oxygens (including phenoxy) is 2. The number of nitrogens with zero attached hydrogens (tertiary/aromatic N) is 1. The maximum Gasteiger partial charge on any atom is 0.319 e. The average Bonchev–Trinajstić information content (AvgIpc) is 2.79. The lowest BCUT2D eigenvalue weighted by atomic mass is 10.1. The smallest absolute Gasteiger partial charge is 0.319 e. The second-order valence-electron chi connectivity index (χ2n) is 5.15. The third-order valence-electron chi connectivity index (χ3n) is 3.44. The van der Waals surface area contributed by atoms with Crippen molar-refractivity contribution in [2.24, 2.45) is 0 Å². The first-order valence-corrected chi connectivity index (χ1v) is 6.65. The van der Waals surface area contributed by atoms with Crippen molar-refractivity contribution in [3.05, 3.63) is 29.8 Å². The second-order valence-corrected chi connectivity index (χ2v) is 5.15. The molecule has 1 aliphatic heterocycles. The predicted octanol–water partition coefficient (Wildman–Crippen LogP) is 1.87. The standard InChI is InChI=1S/C15H21NO3/c1-11(2)16(10-15(17)18-3)9-13-8-12-6-4-5-7-14(12)19-13/h4-7,11,13H,8-10H2,1-3H3. The van der Waals surface area contributed by atoms with Gasteiger partial charge in [0.15, 0.2) is 0 Å². The van der Waals surface area contributed by atoms with Gasteiger partial charge in [-0.25, -0.2) is 0 Å². The van der Waals surface area contributed by atoms with Crippen LogP contribution in [0.4, 0.5) is 0 Å². The van der Waals surface area contributed by atoms with E-state index in [1.165, 1.54) is 12.7 Å². The van der Waals surface area contributed by atoms with E-state index in [0.29, 0.717) is 6.54 Å². The van der Waals surface area contributed by atoms with Gasteiger partial charge in [-0.05, 0) is 25.5 Å². The highest BCUT2D eigenvalue weighted by atomic mass is 16.5. The van der Waals surface area contributed by atoms with E-state index in [-0.39, 0.29) is 18.1 Å². The van der Waals surface area contributed by atoms with Crippen molar-refractivity contribution in [1.29, 1.82) is 0 Å². The molecule has 1 aromatic carbocycles. The zero-order chi connectivity index (χ0) is 13.8. The summed E-state index contributed by atoms with van der Waals surface area (Å²) in [4.78, 5) is 13.5. The topological polar surface area (TPSA) is 38.8 Å². The van der Waals surface area contributed by atoms with Crippen LogP contribution in [0.3, 0.4) is 0 Å². The molecular formula is C15H21NO3. The molecule has 104 valence electrons. The summed E-state index contributed by atoms with van der Waals surface area (Å²) in [6, 6.07) is 8.38. The van der Waals surface area contributed by atoms with Crippen LogP contribution in [0.5, 0.6) is 5.75 Å². The summed E-state index contributed by atoms with van der Waals surface area (Å²) >= 11 is 0. The maximum absolute atomic E-state index is 11.4. The number of carbonyl (C=O) groups is 1. The van der Waals surface area contributed by atoms with E-state index in [4.69, 9.17) is 9.47 Å². The molecule has 0 spiro atoms. The number of carbonyl (C=O) groups excluding carboxylic acids is 1. The minimum atomic E-state index is -0.204. The molecule has 19 heavy (non-hydrogen) atoms. The molecule has 4 heteroatoms. The lowest BCUT2D eigenvalue weighted by Crippen LogP contribution is -2.42. The van der Waals surface area contributed by atoms with Crippen LogP contribution >= 0.6 is 0 Å². The Morgan fingerprint density at radius 1 is 1.47 bits per heavy atom. The Labute approximate surface area is 114 Å². The number of methoxy groups -OCH3 is 1. The fourth-order valence-corrected chi connectivity index (χ4v) is 2.31. The Hall–Kier alpha value is -1.55. The van der Waals surface area contributed by atoms with Gasteiger partial charge in [0.1, 0.15) is 11.9 Å². The SMILES string of the molecule is COC(=O)CN(CC1Cc2ccccc2O1)C(C)C. The first-order valence-electron chi connectivity index (χ1n) is 6.65. The van der Waals surface area contributed by atoms with Gasteiger partial charge in [0, 0.05) is 19.0 Å². The quantitative estimate of drug-likeness (QED) is 0.760.